The van der Waals surface area contributed by atoms with E-state index in [1.54, 1.807) is 11.1 Å². The van der Waals surface area contributed by atoms with Crippen LogP contribution in [0.2, 0.25) is 0 Å². The molecule has 0 aliphatic rings. The normalized spacial score (nSPS) is 10.8. The average molecular weight is 272 g/mol. The van der Waals surface area contributed by atoms with Crippen LogP contribution in [0.15, 0.2) is 36.7 Å². The number of aromatic nitrogens is 2. The van der Waals surface area contributed by atoms with Gasteiger partial charge in [-0.1, -0.05) is 12.1 Å². The summed E-state index contributed by atoms with van der Waals surface area (Å²) in [5.74, 6) is 0.811. The van der Waals surface area contributed by atoms with Gasteiger partial charge in [-0.25, -0.2) is 4.98 Å². The van der Waals surface area contributed by atoms with E-state index in [1.807, 2.05) is 55.9 Å². The van der Waals surface area contributed by atoms with Crippen molar-refractivity contribution in [1.82, 2.24) is 14.5 Å². The Kier molecular flexibility index (Phi) is 4.08. The fraction of sp³-hybridized carbons (Fsp3) is 0.333. The van der Waals surface area contributed by atoms with E-state index in [-0.39, 0.29) is 18.5 Å². The molecule has 0 aliphatic carbocycles. The van der Waals surface area contributed by atoms with Crippen LogP contribution >= 0.6 is 0 Å². The zero-order valence-electron chi connectivity index (χ0n) is 12.1. The minimum absolute atomic E-state index is 0.0585. The van der Waals surface area contributed by atoms with Gasteiger partial charge in [0.25, 0.3) is 0 Å². The Bertz CT molecular complexity index is 603. The van der Waals surface area contributed by atoms with Crippen molar-refractivity contribution < 1.29 is 4.79 Å². The maximum atomic E-state index is 12.2. The summed E-state index contributed by atoms with van der Waals surface area (Å²) in [5, 5.41) is 0. The van der Waals surface area contributed by atoms with Crippen LogP contribution in [-0.2, 0) is 11.3 Å². The highest BCUT2D eigenvalue weighted by molar-refractivity contribution is 5.77. The van der Waals surface area contributed by atoms with E-state index >= 15 is 0 Å². The Morgan fingerprint density at radius 3 is 2.85 bits per heavy atom. The minimum atomic E-state index is 0.0585. The van der Waals surface area contributed by atoms with Crippen molar-refractivity contribution in [3.8, 4) is 11.4 Å². The van der Waals surface area contributed by atoms with E-state index in [4.69, 9.17) is 5.73 Å². The van der Waals surface area contributed by atoms with Crippen molar-refractivity contribution in [2.45, 2.75) is 26.4 Å². The fourth-order valence-electron chi connectivity index (χ4n) is 1.92. The molecule has 0 atom stereocenters. The van der Waals surface area contributed by atoms with Crippen molar-refractivity contribution in [2.75, 3.05) is 12.8 Å². The molecule has 2 rings (SSSR count). The van der Waals surface area contributed by atoms with Crippen LogP contribution < -0.4 is 5.73 Å². The van der Waals surface area contributed by atoms with Gasteiger partial charge in [-0.2, -0.15) is 0 Å². The highest BCUT2D eigenvalue weighted by Gasteiger charge is 2.15. The molecule has 5 heteroatoms. The second kappa shape index (κ2) is 5.77. The molecule has 0 saturated heterocycles. The number of nitrogens with zero attached hydrogens (tertiary/aromatic N) is 3. The number of anilines is 1. The molecule has 1 amide bonds. The zero-order valence-corrected chi connectivity index (χ0v) is 12.1. The average Bonchev–Trinajstić information content (AvgIpc) is 2.85. The first kappa shape index (κ1) is 14.1. The number of likely N-dealkylation sites (N-methyl/N-ethyl adjacent to an activating group) is 1. The molecule has 5 nitrogen and oxygen atoms in total. The predicted octanol–water partition coefficient (Wildman–Crippen LogP) is 2.00. The SMILES string of the molecule is CC(C)N(C)C(=O)Cn1ccnc1-c1cccc(N)c1. The van der Waals surface area contributed by atoms with Gasteiger partial charge in [-0.05, 0) is 26.0 Å². The number of benzene rings is 1. The summed E-state index contributed by atoms with van der Waals surface area (Å²) < 4.78 is 1.84. The van der Waals surface area contributed by atoms with Gasteiger partial charge >= 0.3 is 0 Å². The smallest absolute Gasteiger partial charge is 0.242 e. The third-order valence-corrected chi connectivity index (χ3v) is 3.33. The van der Waals surface area contributed by atoms with E-state index < -0.39 is 0 Å². The Labute approximate surface area is 119 Å². The largest absolute Gasteiger partial charge is 0.399 e. The number of carbonyl (C=O) groups is 1. The molecule has 1 aromatic heterocycles. The first-order valence-corrected chi connectivity index (χ1v) is 6.61. The summed E-state index contributed by atoms with van der Waals surface area (Å²) in [6.07, 6.45) is 3.51. The highest BCUT2D eigenvalue weighted by Crippen LogP contribution is 2.19. The van der Waals surface area contributed by atoms with Gasteiger partial charge in [0, 0.05) is 36.7 Å². The maximum Gasteiger partial charge on any atom is 0.242 e. The molecule has 106 valence electrons. The van der Waals surface area contributed by atoms with Crippen LogP contribution in [0.1, 0.15) is 13.8 Å². The predicted molar refractivity (Wildman–Crippen MR) is 80.0 cm³/mol. The number of nitrogens with two attached hydrogens (primary N) is 1. The van der Waals surface area contributed by atoms with E-state index in [1.165, 1.54) is 0 Å². The number of imidazole rings is 1. The molecule has 0 bridgehead atoms. The lowest BCUT2D eigenvalue weighted by atomic mass is 10.2. The number of nitrogen functional groups attached to an aromatic ring is 1. The second-order valence-corrected chi connectivity index (χ2v) is 5.10. The second-order valence-electron chi connectivity index (χ2n) is 5.10. The van der Waals surface area contributed by atoms with Crippen molar-refractivity contribution in [3.05, 3.63) is 36.7 Å². The summed E-state index contributed by atoms with van der Waals surface area (Å²) in [4.78, 5) is 18.2. The number of hydrogen-bond donors (Lipinski definition) is 1. The Morgan fingerprint density at radius 1 is 1.45 bits per heavy atom. The zero-order chi connectivity index (χ0) is 14.7. The Hall–Kier alpha value is -2.30. The third-order valence-electron chi connectivity index (χ3n) is 3.33. The molecule has 0 unspecified atom stereocenters. The van der Waals surface area contributed by atoms with Crippen LogP contribution in [0.3, 0.4) is 0 Å². The maximum absolute atomic E-state index is 12.2. The van der Waals surface area contributed by atoms with Crippen molar-refractivity contribution in [1.29, 1.82) is 0 Å². The number of hydrogen-bond acceptors (Lipinski definition) is 3. The van der Waals surface area contributed by atoms with E-state index in [0.717, 1.165) is 11.4 Å². The summed E-state index contributed by atoms with van der Waals surface area (Å²) in [7, 11) is 1.81. The molecule has 0 aliphatic heterocycles. The van der Waals surface area contributed by atoms with Crippen LogP contribution in [0.4, 0.5) is 5.69 Å². The van der Waals surface area contributed by atoms with Crippen molar-refractivity contribution >= 4 is 11.6 Å². The first-order chi connectivity index (χ1) is 9.49. The van der Waals surface area contributed by atoms with E-state index in [0.29, 0.717) is 5.69 Å². The minimum Gasteiger partial charge on any atom is -0.399 e. The van der Waals surface area contributed by atoms with Crippen LogP contribution in [-0.4, -0.2) is 33.4 Å². The summed E-state index contributed by atoms with van der Waals surface area (Å²) >= 11 is 0. The van der Waals surface area contributed by atoms with E-state index in [9.17, 15) is 4.79 Å². The molecule has 1 aromatic carbocycles. The molecule has 0 saturated carbocycles. The van der Waals surface area contributed by atoms with Gasteiger partial charge in [0.1, 0.15) is 12.4 Å². The van der Waals surface area contributed by atoms with Crippen LogP contribution in [0.25, 0.3) is 11.4 Å². The summed E-state index contributed by atoms with van der Waals surface area (Å²) in [5.41, 5.74) is 7.39. The molecular weight excluding hydrogens is 252 g/mol. The lowest BCUT2D eigenvalue weighted by Gasteiger charge is -2.22. The molecule has 20 heavy (non-hydrogen) atoms. The lowest BCUT2D eigenvalue weighted by molar-refractivity contribution is -0.131. The monoisotopic (exact) mass is 272 g/mol. The standard InChI is InChI=1S/C15H20N4O/c1-11(2)18(3)14(20)10-19-8-7-17-15(19)12-5-4-6-13(16)9-12/h4-9,11H,10,16H2,1-3H3. The Balaban J connectivity index is 2.23. The van der Waals surface area contributed by atoms with Crippen LogP contribution in [0.5, 0.6) is 0 Å². The third kappa shape index (κ3) is 2.99. The van der Waals surface area contributed by atoms with Crippen molar-refractivity contribution in [3.63, 3.8) is 0 Å². The fourth-order valence-corrected chi connectivity index (χ4v) is 1.92. The summed E-state index contributed by atoms with van der Waals surface area (Å²) in [6, 6.07) is 7.68. The molecular formula is C15H20N4O. The Morgan fingerprint density at radius 2 is 2.20 bits per heavy atom. The quantitative estimate of drug-likeness (QED) is 0.866. The van der Waals surface area contributed by atoms with Gasteiger partial charge in [-0.15, -0.1) is 0 Å². The van der Waals surface area contributed by atoms with E-state index in [2.05, 4.69) is 4.98 Å². The highest BCUT2D eigenvalue weighted by atomic mass is 16.2. The van der Waals surface area contributed by atoms with Crippen molar-refractivity contribution in [2.24, 2.45) is 0 Å². The van der Waals surface area contributed by atoms with Gasteiger partial charge in [0.15, 0.2) is 0 Å². The molecule has 2 aromatic rings. The van der Waals surface area contributed by atoms with Gasteiger partial charge in [0.2, 0.25) is 5.91 Å². The van der Waals surface area contributed by atoms with Crippen LogP contribution in [0, 0.1) is 0 Å². The molecule has 0 radical (unpaired) electrons. The summed E-state index contributed by atoms with van der Waals surface area (Å²) in [6.45, 7) is 4.26. The number of amides is 1. The molecule has 2 N–H and O–H groups in total. The topological polar surface area (TPSA) is 64.2 Å². The lowest BCUT2D eigenvalue weighted by Crippen LogP contribution is -2.35. The molecule has 0 spiro atoms. The van der Waals surface area contributed by atoms with Gasteiger partial charge < -0.3 is 15.2 Å². The number of carbonyl (C=O) groups excluding carboxylic acids is 1. The van der Waals surface area contributed by atoms with Gasteiger partial charge in [-0.3, -0.25) is 4.79 Å². The molecule has 1 heterocycles. The number of rotatable bonds is 4. The van der Waals surface area contributed by atoms with Gasteiger partial charge in [0.05, 0.1) is 0 Å². The first-order valence-electron chi connectivity index (χ1n) is 6.61. The molecule has 0 fully saturated rings.